The summed E-state index contributed by atoms with van der Waals surface area (Å²) < 4.78 is 51.0. The number of carbonyl (C=O) groups is 2. The van der Waals surface area contributed by atoms with Gasteiger partial charge in [-0.05, 0) is 91.7 Å². The molecule has 43 heavy (non-hydrogen) atoms. The molecule has 0 bridgehead atoms. The first-order valence-electron chi connectivity index (χ1n) is 12.9. The molecule has 5 rings (SSSR count). The molecule has 218 valence electrons. The summed E-state index contributed by atoms with van der Waals surface area (Å²) in [6, 6.07) is 21.0. The van der Waals surface area contributed by atoms with Crippen LogP contribution in [0, 0.1) is 23.0 Å². The molecule has 0 spiro atoms. The predicted octanol–water partition coefficient (Wildman–Crippen LogP) is 5.64. The molecule has 0 aliphatic carbocycles. The van der Waals surface area contributed by atoms with E-state index in [4.69, 9.17) is 5.14 Å². The molecule has 4 aromatic carbocycles. The summed E-state index contributed by atoms with van der Waals surface area (Å²) in [7, 11) is -3.90. The summed E-state index contributed by atoms with van der Waals surface area (Å²) >= 11 is 0. The summed E-state index contributed by atoms with van der Waals surface area (Å²) in [5.74, 6) is -1.51. The van der Waals surface area contributed by atoms with Gasteiger partial charge in [0.1, 0.15) is 17.2 Å². The van der Waals surface area contributed by atoms with E-state index in [0.29, 0.717) is 28.1 Å². The number of amides is 3. The third-order valence-corrected chi connectivity index (χ3v) is 8.15. The Labute approximate surface area is 246 Å². The minimum atomic E-state index is -3.90. The first kappa shape index (κ1) is 29.4. The van der Waals surface area contributed by atoms with Gasteiger partial charge in [-0.3, -0.25) is 4.79 Å². The van der Waals surface area contributed by atoms with Crippen LogP contribution in [-0.4, -0.2) is 30.8 Å². The molecule has 12 heteroatoms. The van der Waals surface area contributed by atoms with Crippen LogP contribution in [0.15, 0.2) is 89.8 Å². The summed E-state index contributed by atoms with van der Waals surface area (Å²) in [5, 5.41) is 17.8. The maximum absolute atomic E-state index is 14.3. The number of hydrogen-bond acceptors (Lipinski definition) is 6. The Balaban J connectivity index is 1.47. The number of carbonyl (C=O) groups excluding carboxylic acids is 2. The number of anilines is 3. The number of urea groups is 1. The van der Waals surface area contributed by atoms with Crippen molar-refractivity contribution in [2.45, 2.75) is 30.8 Å². The highest BCUT2D eigenvalue weighted by molar-refractivity contribution is 7.89. The largest absolute Gasteiger partial charge is 0.355 e. The first-order chi connectivity index (χ1) is 20.3. The second-order valence-electron chi connectivity index (χ2n) is 10.4. The molecule has 4 aromatic rings. The zero-order chi connectivity index (χ0) is 31.1. The van der Waals surface area contributed by atoms with Crippen LogP contribution in [0.4, 0.5) is 30.6 Å². The normalized spacial score (nSPS) is 14.6. The number of benzene rings is 4. The summed E-state index contributed by atoms with van der Waals surface area (Å²) in [6.45, 7) is 3.12. The number of nitrogens with two attached hydrogens (primary N) is 1. The van der Waals surface area contributed by atoms with Crippen molar-refractivity contribution in [2.24, 2.45) is 5.14 Å². The number of nitrogens with zero attached hydrogens (tertiary/aromatic N) is 3. The lowest BCUT2D eigenvalue weighted by Gasteiger charge is -2.28. The molecular formula is C31H25F2N5O4S. The van der Waals surface area contributed by atoms with Gasteiger partial charge in [-0.15, -0.1) is 0 Å². The highest BCUT2D eigenvalue weighted by Crippen LogP contribution is 2.37. The number of nitriles is 1. The molecule has 0 radical (unpaired) electrons. The van der Waals surface area contributed by atoms with Crippen LogP contribution >= 0.6 is 0 Å². The summed E-state index contributed by atoms with van der Waals surface area (Å²) in [6.07, 6.45) is 0. The average Bonchev–Trinajstić information content (AvgIpc) is 3.13. The van der Waals surface area contributed by atoms with Gasteiger partial charge in [-0.1, -0.05) is 18.2 Å². The molecule has 0 atom stereocenters. The fraction of sp³-hybridized carbons (Fsp3) is 0.129. The molecule has 1 aliphatic heterocycles. The molecule has 1 saturated heterocycles. The Kier molecular flexibility index (Phi) is 7.47. The van der Waals surface area contributed by atoms with Crippen molar-refractivity contribution in [3.63, 3.8) is 0 Å². The van der Waals surface area contributed by atoms with Crippen LogP contribution < -0.4 is 15.4 Å². The molecule has 0 saturated carbocycles. The highest BCUT2D eigenvalue weighted by Gasteiger charge is 2.52. The van der Waals surface area contributed by atoms with Crippen LogP contribution in [0.5, 0.6) is 0 Å². The topological polar surface area (TPSA) is 137 Å². The van der Waals surface area contributed by atoms with Crippen molar-refractivity contribution in [3.8, 4) is 17.2 Å². The van der Waals surface area contributed by atoms with E-state index in [2.05, 4.69) is 11.4 Å². The van der Waals surface area contributed by atoms with Crippen LogP contribution in [0.3, 0.4) is 0 Å². The predicted molar refractivity (Wildman–Crippen MR) is 157 cm³/mol. The lowest BCUT2D eigenvalue weighted by Crippen LogP contribution is -2.43. The van der Waals surface area contributed by atoms with E-state index in [0.717, 1.165) is 4.90 Å². The van der Waals surface area contributed by atoms with E-state index in [1.807, 2.05) is 0 Å². The monoisotopic (exact) mass is 601 g/mol. The van der Waals surface area contributed by atoms with E-state index >= 15 is 0 Å². The zero-order valence-corrected chi connectivity index (χ0v) is 23.8. The van der Waals surface area contributed by atoms with E-state index in [1.165, 1.54) is 89.8 Å². The maximum Gasteiger partial charge on any atom is 0.332 e. The van der Waals surface area contributed by atoms with Gasteiger partial charge in [0, 0.05) is 16.9 Å². The van der Waals surface area contributed by atoms with Crippen LogP contribution in [0.25, 0.3) is 11.1 Å². The van der Waals surface area contributed by atoms with E-state index in [1.54, 1.807) is 13.8 Å². The van der Waals surface area contributed by atoms with Crippen molar-refractivity contribution in [2.75, 3.05) is 10.2 Å². The van der Waals surface area contributed by atoms with Gasteiger partial charge in [0.25, 0.3) is 5.91 Å². The van der Waals surface area contributed by atoms with Crippen molar-refractivity contribution >= 4 is 39.0 Å². The lowest BCUT2D eigenvalue weighted by atomic mass is 9.98. The Hall–Kier alpha value is -5.12. The minimum Gasteiger partial charge on any atom is -0.355 e. The molecule has 0 aromatic heterocycles. The second-order valence-corrected chi connectivity index (χ2v) is 12.0. The number of nitrogens with one attached hydrogen (secondary N) is 1. The van der Waals surface area contributed by atoms with Crippen LogP contribution in [0.2, 0.25) is 0 Å². The number of halogens is 2. The number of imide groups is 1. The third-order valence-electron chi connectivity index (χ3n) is 7.22. The van der Waals surface area contributed by atoms with Crippen molar-refractivity contribution < 1.29 is 26.8 Å². The fourth-order valence-corrected chi connectivity index (χ4v) is 5.34. The molecular weight excluding hydrogens is 576 g/mol. The smallest absolute Gasteiger partial charge is 0.332 e. The second kappa shape index (κ2) is 10.9. The average molecular weight is 602 g/mol. The maximum atomic E-state index is 14.3. The number of rotatable bonds is 7. The number of primary sulfonamides is 1. The Morgan fingerprint density at radius 1 is 0.907 bits per heavy atom. The number of hydrogen-bond donors (Lipinski definition) is 2. The molecule has 3 N–H and O–H groups in total. The van der Waals surface area contributed by atoms with Crippen LogP contribution in [0.1, 0.15) is 25.0 Å². The van der Waals surface area contributed by atoms with E-state index in [-0.39, 0.29) is 22.7 Å². The molecule has 1 fully saturated rings. The Morgan fingerprint density at radius 2 is 1.56 bits per heavy atom. The van der Waals surface area contributed by atoms with Gasteiger partial charge in [-0.2, -0.15) is 5.26 Å². The zero-order valence-electron chi connectivity index (χ0n) is 23.0. The lowest BCUT2D eigenvalue weighted by molar-refractivity contribution is -0.123. The van der Waals surface area contributed by atoms with E-state index < -0.39 is 39.1 Å². The molecule has 3 amide bonds. The van der Waals surface area contributed by atoms with E-state index in [9.17, 15) is 32.0 Å². The Morgan fingerprint density at radius 3 is 2.19 bits per heavy atom. The standard InChI is InChI=1S/C31H25F2N5O4S/c1-31(2)29(39)38(25-12-6-20(17-34)27(16-25)19-3-7-22(32)8-4-19)30(40)37(31)18-21-5-9-23(33)15-28(21)36-24-10-13-26(14-11-24)43(35,41)42/h3-16,36H,18H2,1-2H3,(H2,35,41,42). The van der Waals surface area contributed by atoms with Gasteiger partial charge in [-0.25, -0.2) is 32.0 Å². The summed E-state index contributed by atoms with van der Waals surface area (Å²) in [4.78, 5) is 29.7. The number of sulfonamides is 1. The summed E-state index contributed by atoms with van der Waals surface area (Å²) in [5.41, 5.74) is 1.40. The van der Waals surface area contributed by atoms with Crippen LogP contribution in [-0.2, 0) is 21.4 Å². The van der Waals surface area contributed by atoms with Crippen molar-refractivity contribution in [1.82, 2.24) is 4.90 Å². The first-order valence-corrected chi connectivity index (χ1v) is 14.5. The quantitative estimate of drug-likeness (QED) is 0.263. The van der Waals surface area contributed by atoms with Gasteiger partial charge in [0.2, 0.25) is 10.0 Å². The molecule has 9 nitrogen and oxygen atoms in total. The van der Waals surface area contributed by atoms with Gasteiger partial charge in [0.05, 0.1) is 28.8 Å². The Bertz CT molecular complexity index is 1900. The SMILES string of the molecule is CC1(C)C(=O)N(c2ccc(C#N)c(-c3ccc(F)cc3)c2)C(=O)N1Cc1ccc(F)cc1Nc1ccc(S(N)(=O)=O)cc1. The van der Waals surface area contributed by atoms with Gasteiger partial charge in [0.15, 0.2) is 0 Å². The molecule has 1 aliphatic rings. The van der Waals surface area contributed by atoms with Crippen molar-refractivity contribution in [3.05, 3.63) is 108 Å². The minimum absolute atomic E-state index is 0.0763. The van der Waals surface area contributed by atoms with Gasteiger partial charge >= 0.3 is 6.03 Å². The molecule has 1 heterocycles. The fourth-order valence-electron chi connectivity index (χ4n) is 4.82. The van der Waals surface area contributed by atoms with Crippen molar-refractivity contribution in [1.29, 1.82) is 5.26 Å². The van der Waals surface area contributed by atoms with Gasteiger partial charge < -0.3 is 10.2 Å². The third kappa shape index (κ3) is 5.68. The molecule has 0 unspecified atom stereocenters. The highest BCUT2D eigenvalue weighted by atomic mass is 32.2.